The molecule has 4 nitrogen and oxygen atoms in total. The lowest BCUT2D eigenvalue weighted by molar-refractivity contribution is -0.122. The van der Waals surface area contributed by atoms with Crippen molar-refractivity contribution in [2.45, 2.75) is 36.3 Å². The van der Waals surface area contributed by atoms with E-state index in [9.17, 15) is 13.2 Å². The quantitative estimate of drug-likeness (QED) is 0.785. The molecule has 0 spiro atoms. The van der Waals surface area contributed by atoms with Crippen LogP contribution in [0.1, 0.15) is 25.8 Å². The molecule has 1 N–H and O–H groups in total. The molecule has 0 radical (unpaired) electrons. The van der Waals surface area contributed by atoms with Gasteiger partial charge in [0.1, 0.15) is 4.75 Å². The van der Waals surface area contributed by atoms with Gasteiger partial charge in [0, 0.05) is 6.54 Å². The Balaban J connectivity index is 1.95. The lowest BCUT2D eigenvalue weighted by Crippen LogP contribution is -2.48. The van der Waals surface area contributed by atoms with Crippen molar-refractivity contribution in [3.05, 3.63) is 66.2 Å². The topological polar surface area (TPSA) is 63.2 Å². The average Bonchev–Trinajstić information content (AvgIpc) is 2.60. The van der Waals surface area contributed by atoms with E-state index in [-0.39, 0.29) is 4.90 Å². The lowest BCUT2D eigenvalue weighted by Gasteiger charge is -2.24. The molecular formula is C19H23NO3S. The van der Waals surface area contributed by atoms with Gasteiger partial charge in [-0.3, -0.25) is 4.79 Å². The van der Waals surface area contributed by atoms with Gasteiger partial charge in [-0.25, -0.2) is 8.42 Å². The molecule has 2 aromatic rings. The molecule has 128 valence electrons. The molecule has 1 amide bonds. The molecule has 0 fully saturated rings. The fourth-order valence-corrected chi connectivity index (χ4v) is 3.79. The number of nitrogens with one attached hydrogen (secondary N) is 1. The molecule has 2 aromatic carbocycles. The summed E-state index contributed by atoms with van der Waals surface area (Å²) in [5.74, 6) is -0.473. The molecule has 0 heterocycles. The summed E-state index contributed by atoms with van der Waals surface area (Å²) < 4.78 is 23.9. The van der Waals surface area contributed by atoms with Gasteiger partial charge in [-0.05, 0) is 44.4 Å². The molecule has 0 aliphatic heterocycles. The van der Waals surface area contributed by atoms with Gasteiger partial charge in [-0.2, -0.15) is 0 Å². The molecule has 2 rings (SSSR count). The second-order valence-corrected chi connectivity index (χ2v) is 8.67. The monoisotopic (exact) mass is 345 g/mol. The highest BCUT2D eigenvalue weighted by molar-refractivity contribution is 7.93. The van der Waals surface area contributed by atoms with Crippen LogP contribution >= 0.6 is 0 Å². The molecule has 0 aliphatic carbocycles. The standard InChI is InChI=1S/C19H23NO3S/c1-19(2,24(22,23)17-13-7-4-8-14-17)18(21)20-15-9-12-16-10-5-3-6-11-16/h3-8,10-11,13-14H,9,12,15H2,1-2H3,(H,20,21). The summed E-state index contributed by atoms with van der Waals surface area (Å²) >= 11 is 0. The van der Waals surface area contributed by atoms with Crippen molar-refractivity contribution < 1.29 is 13.2 Å². The summed E-state index contributed by atoms with van der Waals surface area (Å²) in [4.78, 5) is 12.6. The van der Waals surface area contributed by atoms with E-state index in [4.69, 9.17) is 0 Å². The third-order valence-electron chi connectivity index (χ3n) is 4.04. The minimum atomic E-state index is -3.74. The van der Waals surface area contributed by atoms with E-state index >= 15 is 0 Å². The van der Waals surface area contributed by atoms with E-state index in [1.54, 1.807) is 18.2 Å². The molecule has 0 aliphatic rings. The predicted octanol–water partition coefficient (Wildman–Crippen LogP) is 2.99. The molecule has 0 saturated heterocycles. The zero-order valence-corrected chi connectivity index (χ0v) is 14.8. The number of carbonyl (C=O) groups is 1. The Labute approximate surface area is 143 Å². The van der Waals surface area contributed by atoms with E-state index in [0.717, 1.165) is 12.8 Å². The fraction of sp³-hybridized carbons (Fsp3) is 0.316. The fourth-order valence-electron chi connectivity index (χ4n) is 2.37. The van der Waals surface area contributed by atoms with Gasteiger partial charge in [0.2, 0.25) is 5.91 Å². The molecular weight excluding hydrogens is 322 g/mol. The van der Waals surface area contributed by atoms with Crippen molar-refractivity contribution in [3.8, 4) is 0 Å². The number of hydrogen-bond acceptors (Lipinski definition) is 3. The highest BCUT2D eigenvalue weighted by Gasteiger charge is 2.42. The van der Waals surface area contributed by atoms with E-state index in [0.29, 0.717) is 6.54 Å². The van der Waals surface area contributed by atoms with Crippen molar-refractivity contribution in [1.82, 2.24) is 5.32 Å². The Bertz CT molecular complexity index is 769. The number of rotatable bonds is 7. The maximum Gasteiger partial charge on any atom is 0.241 e. The SMILES string of the molecule is CC(C)(C(=O)NCCCc1ccccc1)S(=O)(=O)c1ccccc1. The first-order chi connectivity index (χ1) is 11.4. The zero-order chi connectivity index (χ0) is 17.6. The van der Waals surface area contributed by atoms with Crippen LogP contribution in [-0.2, 0) is 21.1 Å². The van der Waals surface area contributed by atoms with Crippen LogP contribution in [0.4, 0.5) is 0 Å². The number of sulfone groups is 1. The summed E-state index contributed by atoms with van der Waals surface area (Å²) in [5, 5.41) is 2.75. The highest BCUT2D eigenvalue weighted by Crippen LogP contribution is 2.25. The number of benzene rings is 2. The summed E-state index contributed by atoms with van der Waals surface area (Å²) in [7, 11) is -3.74. The Morgan fingerprint density at radius 2 is 1.50 bits per heavy atom. The van der Waals surface area contributed by atoms with Crippen molar-refractivity contribution in [2.24, 2.45) is 0 Å². The summed E-state index contributed by atoms with van der Waals surface area (Å²) in [5.41, 5.74) is 1.20. The van der Waals surface area contributed by atoms with Crippen molar-refractivity contribution in [2.75, 3.05) is 6.54 Å². The largest absolute Gasteiger partial charge is 0.355 e. The first-order valence-corrected chi connectivity index (χ1v) is 9.46. The zero-order valence-electron chi connectivity index (χ0n) is 14.0. The normalized spacial score (nSPS) is 11.9. The van der Waals surface area contributed by atoms with E-state index in [2.05, 4.69) is 5.32 Å². The maximum atomic E-state index is 12.7. The van der Waals surface area contributed by atoms with E-state index in [1.165, 1.54) is 31.5 Å². The van der Waals surface area contributed by atoms with Crippen LogP contribution in [0.25, 0.3) is 0 Å². The third kappa shape index (κ3) is 4.03. The molecule has 0 atom stereocenters. The lowest BCUT2D eigenvalue weighted by atomic mass is 10.1. The van der Waals surface area contributed by atoms with Crippen LogP contribution in [0.15, 0.2) is 65.6 Å². The average molecular weight is 345 g/mol. The van der Waals surface area contributed by atoms with E-state index < -0.39 is 20.5 Å². The minimum absolute atomic E-state index is 0.162. The van der Waals surface area contributed by atoms with E-state index in [1.807, 2.05) is 30.3 Å². The molecule has 0 saturated carbocycles. The second-order valence-electron chi connectivity index (χ2n) is 6.17. The number of carbonyl (C=O) groups excluding carboxylic acids is 1. The van der Waals surface area contributed by atoms with Gasteiger partial charge in [0.05, 0.1) is 4.90 Å². The number of amides is 1. The van der Waals surface area contributed by atoms with Crippen LogP contribution < -0.4 is 5.32 Å². The molecule has 5 heteroatoms. The minimum Gasteiger partial charge on any atom is -0.355 e. The van der Waals surface area contributed by atoms with Crippen LogP contribution in [0.3, 0.4) is 0 Å². The molecule has 24 heavy (non-hydrogen) atoms. The summed E-state index contributed by atoms with van der Waals surface area (Å²) in [6, 6.07) is 18.1. The highest BCUT2D eigenvalue weighted by atomic mass is 32.2. The molecule has 0 bridgehead atoms. The van der Waals surface area contributed by atoms with Crippen molar-refractivity contribution in [3.63, 3.8) is 0 Å². The van der Waals surface area contributed by atoms with Crippen molar-refractivity contribution in [1.29, 1.82) is 0 Å². The van der Waals surface area contributed by atoms with Gasteiger partial charge in [0.15, 0.2) is 9.84 Å². The third-order valence-corrected chi connectivity index (χ3v) is 6.46. The predicted molar refractivity (Wildman–Crippen MR) is 95.5 cm³/mol. The second kappa shape index (κ2) is 7.62. The Morgan fingerprint density at radius 1 is 0.958 bits per heavy atom. The Hall–Kier alpha value is -2.14. The summed E-state index contributed by atoms with van der Waals surface area (Å²) in [6.45, 7) is 3.34. The van der Waals surface area contributed by atoms with Gasteiger partial charge in [-0.1, -0.05) is 48.5 Å². The van der Waals surface area contributed by atoms with Gasteiger partial charge in [-0.15, -0.1) is 0 Å². The van der Waals surface area contributed by atoms with Gasteiger partial charge < -0.3 is 5.32 Å². The maximum absolute atomic E-state index is 12.7. The molecule has 0 unspecified atom stereocenters. The van der Waals surface area contributed by atoms with Gasteiger partial charge >= 0.3 is 0 Å². The van der Waals surface area contributed by atoms with Crippen LogP contribution in [-0.4, -0.2) is 25.6 Å². The number of aryl methyl sites for hydroxylation is 1. The van der Waals surface area contributed by atoms with Gasteiger partial charge in [0.25, 0.3) is 0 Å². The van der Waals surface area contributed by atoms with Crippen LogP contribution in [0, 0.1) is 0 Å². The van der Waals surface area contributed by atoms with Crippen LogP contribution in [0.5, 0.6) is 0 Å². The first kappa shape index (κ1) is 18.2. The first-order valence-electron chi connectivity index (χ1n) is 7.97. The summed E-state index contributed by atoms with van der Waals surface area (Å²) in [6.07, 6.45) is 1.60. The molecule has 0 aromatic heterocycles. The number of hydrogen-bond donors (Lipinski definition) is 1. The smallest absolute Gasteiger partial charge is 0.241 e. The van der Waals surface area contributed by atoms with Crippen molar-refractivity contribution >= 4 is 15.7 Å². The Kier molecular flexibility index (Phi) is 5.78. The van der Waals surface area contributed by atoms with Crippen LogP contribution in [0.2, 0.25) is 0 Å². The Morgan fingerprint density at radius 3 is 2.08 bits per heavy atom.